The van der Waals surface area contributed by atoms with Crippen LogP contribution in [0.3, 0.4) is 0 Å². The number of nitrogens with one attached hydrogen (secondary N) is 1. The van der Waals surface area contributed by atoms with E-state index in [9.17, 15) is 8.42 Å². The molecule has 0 bridgehead atoms. The first-order valence-electron chi connectivity index (χ1n) is 6.72. The highest BCUT2D eigenvalue weighted by molar-refractivity contribution is 7.90. The van der Waals surface area contributed by atoms with E-state index in [4.69, 9.17) is 5.73 Å². The van der Waals surface area contributed by atoms with E-state index < -0.39 is 9.84 Å². The summed E-state index contributed by atoms with van der Waals surface area (Å²) in [6.07, 6.45) is 4.36. The molecule has 1 spiro atoms. The summed E-state index contributed by atoms with van der Waals surface area (Å²) in [5, 5.41) is 3.37. The highest BCUT2D eigenvalue weighted by atomic mass is 32.2. The van der Waals surface area contributed by atoms with Crippen LogP contribution in [0, 0.1) is 5.41 Å². The molecule has 1 aromatic rings. The average Bonchev–Trinajstić information content (AvgIpc) is 2.62. The minimum Gasteiger partial charge on any atom is -0.323 e. The summed E-state index contributed by atoms with van der Waals surface area (Å²) in [4.78, 5) is 0.382. The Bertz CT molecular complexity index is 604. The van der Waals surface area contributed by atoms with Gasteiger partial charge in [-0.3, -0.25) is 0 Å². The number of rotatable bonds is 1. The molecular formula is C14H20N2O2S. The largest absolute Gasteiger partial charge is 0.323 e. The first kappa shape index (κ1) is 13.1. The van der Waals surface area contributed by atoms with Gasteiger partial charge in [0.15, 0.2) is 9.84 Å². The number of piperidine rings is 1. The minimum atomic E-state index is -3.16. The molecular weight excluding hydrogens is 260 g/mol. The highest BCUT2D eigenvalue weighted by Gasteiger charge is 2.44. The van der Waals surface area contributed by atoms with Crippen LogP contribution < -0.4 is 11.1 Å². The fraction of sp³-hybridized carbons (Fsp3) is 0.571. The Hall–Kier alpha value is -0.910. The van der Waals surface area contributed by atoms with Gasteiger partial charge in [0.25, 0.3) is 0 Å². The molecule has 1 fully saturated rings. The predicted octanol–water partition coefficient (Wildman–Crippen LogP) is 1.02. The quantitative estimate of drug-likeness (QED) is 0.805. The minimum absolute atomic E-state index is 0.0358. The summed E-state index contributed by atoms with van der Waals surface area (Å²) in [6, 6.07) is 5.40. The van der Waals surface area contributed by atoms with Gasteiger partial charge in [0.05, 0.1) is 4.90 Å². The normalized spacial score (nSPS) is 25.5. The Morgan fingerprint density at radius 2 is 2.00 bits per heavy atom. The van der Waals surface area contributed by atoms with Crippen LogP contribution in [-0.2, 0) is 16.3 Å². The van der Waals surface area contributed by atoms with Gasteiger partial charge in [0.1, 0.15) is 0 Å². The molecule has 0 unspecified atom stereocenters. The van der Waals surface area contributed by atoms with Crippen molar-refractivity contribution in [3.63, 3.8) is 0 Å². The zero-order valence-electron chi connectivity index (χ0n) is 11.1. The van der Waals surface area contributed by atoms with Crippen molar-refractivity contribution >= 4 is 9.84 Å². The lowest BCUT2D eigenvalue weighted by atomic mass is 9.73. The molecule has 3 N–H and O–H groups in total. The maximum absolute atomic E-state index is 11.7. The Morgan fingerprint density at radius 3 is 2.63 bits per heavy atom. The first-order valence-corrected chi connectivity index (χ1v) is 8.61. The van der Waals surface area contributed by atoms with Gasteiger partial charge in [0.2, 0.25) is 0 Å². The molecule has 5 heteroatoms. The molecule has 2 aliphatic rings. The van der Waals surface area contributed by atoms with Gasteiger partial charge in [-0.2, -0.15) is 0 Å². The third-order valence-corrected chi connectivity index (χ3v) is 5.79. The van der Waals surface area contributed by atoms with Crippen LogP contribution in [0.5, 0.6) is 0 Å². The average molecular weight is 280 g/mol. The molecule has 3 rings (SSSR count). The third-order valence-electron chi connectivity index (χ3n) is 4.68. The fourth-order valence-electron chi connectivity index (χ4n) is 3.49. The molecule has 1 aliphatic heterocycles. The van der Waals surface area contributed by atoms with Crippen molar-refractivity contribution in [2.45, 2.75) is 30.2 Å². The van der Waals surface area contributed by atoms with Crippen molar-refractivity contribution in [2.75, 3.05) is 19.3 Å². The molecule has 1 saturated heterocycles. The Balaban J connectivity index is 2.02. The maximum Gasteiger partial charge on any atom is 0.175 e. The van der Waals surface area contributed by atoms with Gasteiger partial charge in [0, 0.05) is 12.3 Å². The van der Waals surface area contributed by atoms with Gasteiger partial charge in [-0.15, -0.1) is 0 Å². The summed E-state index contributed by atoms with van der Waals surface area (Å²) < 4.78 is 23.3. The monoisotopic (exact) mass is 280 g/mol. The molecule has 0 saturated carbocycles. The van der Waals surface area contributed by atoms with Crippen LogP contribution >= 0.6 is 0 Å². The third kappa shape index (κ3) is 2.10. The van der Waals surface area contributed by atoms with E-state index >= 15 is 0 Å². The van der Waals surface area contributed by atoms with Crippen LogP contribution in [0.2, 0.25) is 0 Å². The summed E-state index contributed by atoms with van der Waals surface area (Å²) >= 11 is 0. The van der Waals surface area contributed by atoms with E-state index in [2.05, 4.69) is 5.32 Å². The van der Waals surface area contributed by atoms with E-state index in [-0.39, 0.29) is 11.5 Å². The van der Waals surface area contributed by atoms with Gasteiger partial charge in [-0.25, -0.2) is 8.42 Å². The standard InChI is InChI=1S/C14H20N2O2S/c1-19(17,18)11-3-2-10-9-14(4-6-16-7-5-14)13(15)12(10)8-11/h2-3,8,13,16H,4-7,9,15H2,1H3/t13-/m1/s1. The van der Waals surface area contributed by atoms with Crippen LogP contribution in [0.15, 0.2) is 23.1 Å². The van der Waals surface area contributed by atoms with Gasteiger partial charge < -0.3 is 11.1 Å². The van der Waals surface area contributed by atoms with Crippen molar-refractivity contribution < 1.29 is 8.42 Å². The number of nitrogens with two attached hydrogens (primary N) is 1. The molecule has 0 radical (unpaired) electrons. The molecule has 1 aliphatic carbocycles. The molecule has 1 aromatic carbocycles. The van der Waals surface area contributed by atoms with E-state index in [0.29, 0.717) is 4.90 Å². The van der Waals surface area contributed by atoms with Crippen LogP contribution in [-0.4, -0.2) is 27.8 Å². The summed E-state index contributed by atoms with van der Waals surface area (Å²) in [7, 11) is -3.16. The van der Waals surface area contributed by atoms with Crippen molar-refractivity contribution in [2.24, 2.45) is 11.1 Å². The number of hydrogen-bond acceptors (Lipinski definition) is 4. The fourth-order valence-corrected chi connectivity index (χ4v) is 4.14. The summed E-state index contributed by atoms with van der Waals surface area (Å²) in [5.41, 5.74) is 8.83. The predicted molar refractivity (Wildman–Crippen MR) is 74.7 cm³/mol. The Morgan fingerprint density at radius 1 is 1.32 bits per heavy atom. The van der Waals surface area contributed by atoms with E-state index in [1.165, 1.54) is 11.8 Å². The molecule has 104 valence electrons. The number of sulfone groups is 1. The lowest BCUT2D eigenvalue weighted by molar-refractivity contribution is 0.174. The van der Waals surface area contributed by atoms with Gasteiger partial charge >= 0.3 is 0 Å². The molecule has 1 heterocycles. The number of hydrogen-bond donors (Lipinski definition) is 2. The van der Waals surface area contributed by atoms with Crippen LogP contribution in [0.25, 0.3) is 0 Å². The van der Waals surface area contributed by atoms with Crippen molar-refractivity contribution in [1.29, 1.82) is 0 Å². The molecule has 0 amide bonds. The smallest absolute Gasteiger partial charge is 0.175 e. The number of fused-ring (bicyclic) bond motifs is 1. The Kier molecular flexibility index (Phi) is 2.96. The first-order chi connectivity index (χ1) is 8.92. The maximum atomic E-state index is 11.7. The molecule has 4 nitrogen and oxygen atoms in total. The molecule has 1 atom stereocenters. The zero-order chi connectivity index (χ0) is 13.7. The summed E-state index contributed by atoms with van der Waals surface area (Å²) in [5.74, 6) is 0. The van der Waals surface area contributed by atoms with Gasteiger partial charge in [-0.1, -0.05) is 6.07 Å². The van der Waals surface area contributed by atoms with E-state index in [1.807, 2.05) is 6.07 Å². The lowest BCUT2D eigenvalue weighted by Crippen LogP contribution is -2.42. The topological polar surface area (TPSA) is 72.2 Å². The second-order valence-electron chi connectivity index (χ2n) is 5.90. The summed E-state index contributed by atoms with van der Waals surface area (Å²) in [6.45, 7) is 2.00. The van der Waals surface area contributed by atoms with E-state index in [0.717, 1.165) is 37.9 Å². The number of benzene rings is 1. The van der Waals surface area contributed by atoms with Crippen LogP contribution in [0.1, 0.15) is 30.0 Å². The highest BCUT2D eigenvalue weighted by Crippen LogP contribution is 2.50. The lowest BCUT2D eigenvalue weighted by Gasteiger charge is -2.37. The Labute approximate surface area is 114 Å². The SMILES string of the molecule is CS(=O)(=O)c1ccc2c(c1)[C@@H](N)C1(CCNCC1)C2. The molecule has 19 heavy (non-hydrogen) atoms. The molecule has 0 aromatic heterocycles. The zero-order valence-corrected chi connectivity index (χ0v) is 12.0. The van der Waals surface area contributed by atoms with Crippen LogP contribution in [0.4, 0.5) is 0 Å². The van der Waals surface area contributed by atoms with E-state index in [1.54, 1.807) is 12.1 Å². The second kappa shape index (κ2) is 4.30. The second-order valence-corrected chi connectivity index (χ2v) is 7.92. The van der Waals surface area contributed by atoms with Crippen molar-refractivity contribution in [3.8, 4) is 0 Å². The van der Waals surface area contributed by atoms with Gasteiger partial charge in [-0.05, 0) is 61.0 Å². The van der Waals surface area contributed by atoms with Crippen molar-refractivity contribution in [3.05, 3.63) is 29.3 Å². The van der Waals surface area contributed by atoms with Crippen molar-refractivity contribution in [1.82, 2.24) is 5.32 Å².